The van der Waals surface area contributed by atoms with E-state index in [0.717, 1.165) is 11.1 Å². The Labute approximate surface area is 159 Å². The summed E-state index contributed by atoms with van der Waals surface area (Å²) < 4.78 is 43.4. The Morgan fingerprint density at radius 2 is 1.74 bits per heavy atom. The first-order chi connectivity index (χ1) is 13.0. The lowest BCUT2D eigenvalue weighted by molar-refractivity contribution is -0.167. The zero-order valence-electron chi connectivity index (χ0n) is 15.3. The van der Waals surface area contributed by atoms with Crippen molar-refractivity contribution < 1.29 is 27.7 Å². The predicted molar refractivity (Wildman–Crippen MR) is 99.9 cm³/mol. The van der Waals surface area contributed by atoms with Crippen molar-refractivity contribution in [3.8, 4) is 0 Å². The van der Waals surface area contributed by atoms with Crippen molar-refractivity contribution in [3.05, 3.63) is 65.7 Å². The van der Waals surface area contributed by atoms with Crippen LogP contribution in [0.15, 0.2) is 59.5 Å². The van der Waals surface area contributed by atoms with Crippen LogP contribution in [0.4, 0.5) is 0 Å². The van der Waals surface area contributed by atoms with Crippen LogP contribution in [0.3, 0.4) is 0 Å². The number of hydrogen-bond acceptors (Lipinski definition) is 6. The van der Waals surface area contributed by atoms with Gasteiger partial charge in [0.1, 0.15) is 17.5 Å². The molecule has 146 valence electrons. The van der Waals surface area contributed by atoms with Crippen LogP contribution in [0, 0.1) is 6.92 Å². The zero-order chi connectivity index (χ0) is 19.4. The van der Waals surface area contributed by atoms with E-state index in [1.54, 1.807) is 24.3 Å². The molecule has 7 heteroatoms. The summed E-state index contributed by atoms with van der Waals surface area (Å²) >= 11 is 0. The van der Waals surface area contributed by atoms with Crippen LogP contribution in [0.2, 0.25) is 0 Å². The van der Waals surface area contributed by atoms with Crippen molar-refractivity contribution in [1.29, 1.82) is 0 Å². The molecule has 27 heavy (non-hydrogen) atoms. The lowest BCUT2D eigenvalue weighted by Gasteiger charge is -2.24. The molecular formula is C20H24O6S. The van der Waals surface area contributed by atoms with E-state index in [9.17, 15) is 13.5 Å². The third kappa shape index (κ3) is 4.23. The number of sulfone groups is 1. The maximum Gasteiger partial charge on any atom is 0.186 e. The van der Waals surface area contributed by atoms with E-state index in [4.69, 9.17) is 14.2 Å². The summed E-state index contributed by atoms with van der Waals surface area (Å²) in [4.78, 5) is 0.171. The summed E-state index contributed by atoms with van der Waals surface area (Å²) in [6.45, 7) is 1.66. The molecule has 1 N–H and O–H groups in total. The van der Waals surface area contributed by atoms with E-state index < -0.39 is 40.2 Å². The number of aliphatic hydroxyl groups excluding tert-OH is 1. The minimum atomic E-state index is -3.80. The van der Waals surface area contributed by atoms with Crippen molar-refractivity contribution >= 4 is 9.84 Å². The highest BCUT2D eigenvalue weighted by Crippen LogP contribution is 2.34. The number of aliphatic hydroxyl groups is 1. The van der Waals surface area contributed by atoms with Gasteiger partial charge in [0.15, 0.2) is 16.1 Å². The number of methoxy groups -OCH3 is 1. The molecule has 0 bridgehead atoms. The molecule has 0 radical (unpaired) electrons. The van der Waals surface area contributed by atoms with Crippen LogP contribution < -0.4 is 0 Å². The van der Waals surface area contributed by atoms with E-state index in [0.29, 0.717) is 0 Å². The van der Waals surface area contributed by atoms with Crippen molar-refractivity contribution in [2.45, 2.75) is 42.2 Å². The fourth-order valence-corrected chi connectivity index (χ4v) is 5.17. The lowest BCUT2D eigenvalue weighted by atomic mass is 10.2. The molecule has 2 aromatic rings. The van der Waals surface area contributed by atoms with Crippen molar-refractivity contribution in [1.82, 2.24) is 0 Å². The first-order valence-electron chi connectivity index (χ1n) is 8.72. The normalized spacial score (nSPS) is 25.6. The molecule has 1 fully saturated rings. The van der Waals surface area contributed by atoms with Crippen molar-refractivity contribution in [2.24, 2.45) is 0 Å². The molecule has 1 aliphatic rings. The van der Waals surface area contributed by atoms with Gasteiger partial charge < -0.3 is 19.3 Å². The highest BCUT2D eigenvalue weighted by atomic mass is 32.2. The summed E-state index contributed by atoms with van der Waals surface area (Å²) in [5.74, 6) is 0. The second-order valence-electron chi connectivity index (χ2n) is 6.55. The van der Waals surface area contributed by atoms with Gasteiger partial charge in [0.25, 0.3) is 0 Å². The number of aryl methyl sites for hydroxylation is 1. The Balaban J connectivity index is 1.91. The van der Waals surface area contributed by atoms with Crippen LogP contribution in [0.25, 0.3) is 0 Å². The lowest BCUT2D eigenvalue weighted by Crippen LogP contribution is -2.43. The highest BCUT2D eigenvalue weighted by molar-refractivity contribution is 7.92. The third-order valence-electron chi connectivity index (χ3n) is 4.67. The van der Waals surface area contributed by atoms with Crippen molar-refractivity contribution in [2.75, 3.05) is 13.7 Å². The summed E-state index contributed by atoms with van der Waals surface area (Å²) in [6.07, 6.45) is -2.67. The maximum absolute atomic E-state index is 13.3. The van der Waals surface area contributed by atoms with E-state index >= 15 is 0 Å². The Hall–Kier alpha value is -1.77. The molecular weight excluding hydrogens is 368 g/mol. The summed E-state index contributed by atoms with van der Waals surface area (Å²) in [7, 11) is -2.37. The molecule has 3 rings (SSSR count). The average Bonchev–Trinajstić information content (AvgIpc) is 3.06. The van der Waals surface area contributed by atoms with Gasteiger partial charge in [-0.1, -0.05) is 48.0 Å². The topological polar surface area (TPSA) is 82.1 Å². The maximum atomic E-state index is 13.3. The molecule has 6 nitrogen and oxygen atoms in total. The molecule has 0 aromatic heterocycles. The molecule has 0 spiro atoms. The number of hydrogen-bond donors (Lipinski definition) is 1. The number of rotatable bonds is 7. The molecule has 0 aliphatic carbocycles. The van der Waals surface area contributed by atoms with Crippen LogP contribution in [0.1, 0.15) is 11.1 Å². The Kier molecular flexibility index (Phi) is 6.29. The van der Waals surface area contributed by atoms with Crippen LogP contribution in [-0.4, -0.2) is 51.0 Å². The predicted octanol–water partition coefficient (Wildman–Crippen LogP) is 2.09. The third-order valence-corrected chi connectivity index (χ3v) is 6.89. The van der Waals surface area contributed by atoms with Crippen molar-refractivity contribution in [3.63, 3.8) is 0 Å². The van der Waals surface area contributed by atoms with Gasteiger partial charge in [0.2, 0.25) is 0 Å². The fourth-order valence-electron chi connectivity index (χ4n) is 3.23. The van der Waals surface area contributed by atoms with Gasteiger partial charge in [-0.3, -0.25) is 0 Å². The SMILES string of the molecule is CO[C@H]1O[C@H](CO)[C@@H](S(=O)(=O)c2ccc(C)cc2)[C@@H]1OCc1ccccc1. The van der Waals surface area contributed by atoms with Gasteiger partial charge in [-0.2, -0.15) is 0 Å². The van der Waals surface area contributed by atoms with Gasteiger partial charge in [0, 0.05) is 7.11 Å². The second-order valence-corrected chi connectivity index (χ2v) is 8.65. The molecule has 4 atom stereocenters. The van der Waals surface area contributed by atoms with Gasteiger partial charge in [-0.15, -0.1) is 0 Å². The molecule has 0 unspecified atom stereocenters. The first kappa shape index (κ1) is 20.0. The van der Waals surface area contributed by atoms with Crippen LogP contribution >= 0.6 is 0 Å². The first-order valence-corrected chi connectivity index (χ1v) is 10.3. The molecule has 2 aromatic carbocycles. The number of benzene rings is 2. The Bertz CT molecular complexity index is 835. The molecule has 0 amide bonds. The average molecular weight is 392 g/mol. The summed E-state index contributed by atoms with van der Waals surface area (Å²) in [6, 6.07) is 16.1. The minimum Gasteiger partial charge on any atom is -0.394 e. The Morgan fingerprint density at radius 3 is 2.33 bits per heavy atom. The smallest absolute Gasteiger partial charge is 0.186 e. The van der Waals surface area contributed by atoms with Gasteiger partial charge in [-0.05, 0) is 24.6 Å². The molecule has 0 saturated carbocycles. The Morgan fingerprint density at radius 1 is 1.07 bits per heavy atom. The van der Waals surface area contributed by atoms with Gasteiger partial charge in [0.05, 0.1) is 18.1 Å². The summed E-state index contributed by atoms with van der Waals surface area (Å²) in [5, 5.41) is 8.64. The van der Waals surface area contributed by atoms with Crippen LogP contribution in [0.5, 0.6) is 0 Å². The minimum absolute atomic E-state index is 0.171. The molecule has 1 heterocycles. The van der Waals surface area contributed by atoms with E-state index in [1.165, 1.54) is 7.11 Å². The largest absolute Gasteiger partial charge is 0.394 e. The van der Waals surface area contributed by atoms with Gasteiger partial charge in [-0.25, -0.2) is 8.42 Å². The zero-order valence-corrected chi connectivity index (χ0v) is 16.1. The summed E-state index contributed by atoms with van der Waals surface area (Å²) in [5.41, 5.74) is 1.87. The van der Waals surface area contributed by atoms with E-state index in [2.05, 4.69) is 0 Å². The quantitative estimate of drug-likeness (QED) is 0.777. The number of ether oxygens (including phenoxy) is 3. The fraction of sp³-hybridized carbons (Fsp3) is 0.400. The second kappa shape index (κ2) is 8.50. The monoisotopic (exact) mass is 392 g/mol. The van der Waals surface area contributed by atoms with E-state index in [1.807, 2.05) is 37.3 Å². The highest BCUT2D eigenvalue weighted by Gasteiger charge is 2.52. The standard InChI is InChI=1S/C20H24O6S/c1-14-8-10-16(11-9-14)27(22,23)19-17(12-21)26-20(24-2)18(19)25-13-15-6-4-3-5-7-15/h3-11,17-21H,12-13H2,1-2H3/t17-,18+,19-,20+/m1/s1. The van der Waals surface area contributed by atoms with Crippen LogP contribution in [-0.2, 0) is 30.7 Å². The molecule has 1 saturated heterocycles. The van der Waals surface area contributed by atoms with E-state index in [-0.39, 0.29) is 11.5 Å². The van der Waals surface area contributed by atoms with Gasteiger partial charge >= 0.3 is 0 Å². The molecule has 1 aliphatic heterocycles.